The van der Waals surface area contributed by atoms with Crippen molar-refractivity contribution in [3.63, 3.8) is 0 Å². The molecule has 1 unspecified atom stereocenters. The van der Waals surface area contributed by atoms with E-state index in [4.69, 9.17) is 4.74 Å². The molecule has 1 N–H and O–H groups in total. The molecular weight excluding hydrogens is 247 g/mol. The number of morpholine rings is 1. The largest absolute Gasteiger partial charge is 0.370 e. The van der Waals surface area contributed by atoms with Gasteiger partial charge in [-0.25, -0.2) is 4.39 Å². The van der Waals surface area contributed by atoms with Gasteiger partial charge < -0.3 is 15.0 Å². The third kappa shape index (κ3) is 3.52. The second kappa shape index (κ2) is 6.63. The Morgan fingerprint density at radius 1 is 1.53 bits per heavy atom. The number of carbonyl (C=O) groups is 1. The average Bonchev–Trinajstić information content (AvgIpc) is 2.45. The molecule has 1 aliphatic heterocycles. The zero-order valence-corrected chi connectivity index (χ0v) is 11.1. The van der Waals surface area contributed by atoms with Gasteiger partial charge in [0.15, 0.2) is 0 Å². The Labute approximate surface area is 112 Å². The monoisotopic (exact) mass is 266 g/mol. The van der Waals surface area contributed by atoms with Gasteiger partial charge in [-0.2, -0.15) is 0 Å². The molecule has 0 radical (unpaired) electrons. The molecule has 0 aliphatic carbocycles. The molecule has 1 aromatic rings. The molecule has 0 aromatic heterocycles. The number of ether oxygens (including phenoxy) is 1. The lowest BCUT2D eigenvalue weighted by Gasteiger charge is -2.33. The van der Waals surface area contributed by atoms with Crippen molar-refractivity contribution in [2.75, 3.05) is 33.3 Å². The predicted molar refractivity (Wildman–Crippen MR) is 70.2 cm³/mol. The van der Waals surface area contributed by atoms with E-state index in [2.05, 4.69) is 5.32 Å². The molecule has 19 heavy (non-hydrogen) atoms. The molecule has 1 fully saturated rings. The summed E-state index contributed by atoms with van der Waals surface area (Å²) in [6.07, 6.45) is 0.0917. The van der Waals surface area contributed by atoms with Gasteiger partial charge in [0.1, 0.15) is 11.9 Å². The first-order valence-corrected chi connectivity index (χ1v) is 6.50. The van der Waals surface area contributed by atoms with Gasteiger partial charge in [0, 0.05) is 25.1 Å². The molecule has 0 saturated carbocycles. The van der Waals surface area contributed by atoms with Crippen molar-refractivity contribution in [1.82, 2.24) is 10.2 Å². The quantitative estimate of drug-likeness (QED) is 0.894. The lowest BCUT2D eigenvalue weighted by atomic mass is 10.1. The number of amides is 1. The predicted octanol–water partition coefficient (Wildman–Crippen LogP) is 1.34. The minimum Gasteiger partial charge on any atom is -0.370 e. The lowest BCUT2D eigenvalue weighted by Crippen LogP contribution is -2.43. The van der Waals surface area contributed by atoms with E-state index in [1.807, 2.05) is 7.05 Å². The highest BCUT2D eigenvalue weighted by molar-refractivity contribution is 5.76. The van der Waals surface area contributed by atoms with Crippen LogP contribution in [0.1, 0.15) is 18.1 Å². The summed E-state index contributed by atoms with van der Waals surface area (Å²) >= 11 is 0. The van der Waals surface area contributed by atoms with Gasteiger partial charge in [-0.3, -0.25) is 4.79 Å². The molecule has 104 valence electrons. The third-order valence-electron chi connectivity index (χ3n) is 3.26. The molecule has 2 rings (SSSR count). The molecule has 1 atom stereocenters. The lowest BCUT2D eigenvalue weighted by molar-refractivity contribution is -0.139. The number of rotatable bonds is 4. The van der Waals surface area contributed by atoms with Crippen molar-refractivity contribution in [1.29, 1.82) is 0 Å². The second-order valence-electron chi connectivity index (χ2n) is 4.57. The highest BCUT2D eigenvalue weighted by Gasteiger charge is 2.26. The van der Waals surface area contributed by atoms with E-state index < -0.39 is 0 Å². The van der Waals surface area contributed by atoms with E-state index in [0.717, 1.165) is 0 Å². The van der Waals surface area contributed by atoms with Crippen molar-refractivity contribution in [3.8, 4) is 0 Å². The van der Waals surface area contributed by atoms with Gasteiger partial charge in [-0.15, -0.1) is 0 Å². The maximum absolute atomic E-state index is 13.7. The van der Waals surface area contributed by atoms with E-state index in [1.165, 1.54) is 6.07 Å². The number of carbonyl (C=O) groups excluding carboxylic acids is 1. The zero-order chi connectivity index (χ0) is 13.7. The minimum atomic E-state index is -0.367. The molecule has 1 aromatic carbocycles. The number of hydrogen-bond acceptors (Lipinski definition) is 3. The van der Waals surface area contributed by atoms with Crippen molar-refractivity contribution in [2.45, 2.75) is 12.5 Å². The maximum Gasteiger partial charge on any atom is 0.224 e. The van der Waals surface area contributed by atoms with E-state index in [0.29, 0.717) is 38.2 Å². The summed E-state index contributed by atoms with van der Waals surface area (Å²) in [5.41, 5.74) is 0.522. The van der Waals surface area contributed by atoms with Crippen molar-refractivity contribution >= 4 is 5.91 Å². The molecule has 1 aliphatic rings. The minimum absolute atomic E-state index is 0.0824. The maximum atomic E-state index is 13.7. The van der Waals surface area contributed by atoms with Crippen LogP contribution in [0.15, 0.2) is 24.3 Å². The molecule has 1 saturated heterocycles. The smallest absolute Gasteiger partial charge is 0.224 e. The summed E-state index contributed by atoms with van der Waals surface area (Å²) in [7, 11) is 1.81. The topological polar surface area (TPSA) is 41.6 Å². The van der Waals surface area contributed by atoms with E-state index >= 15 is 0 Å². The van der Waals surface area contributed by atoms with Gasteiger partial charge in [0.25, 0.3) is 0 Å². The van der Waals surface area contributed by atoms with Crippen LogP contribution in [0, 0.1) is 5.82 Å². The number of hydrogen-bond donors (Lipinski definition) is 1. The number of nitrogens with zero attached hydrogens (tertiary/aromatic N) is 1. The van der Waals surface area contributed by atoms with Crippen LogP contribution >= 0.6 is 0 Å². The van der Waals surface area contributed by atoms with Gasteiger partial charge in [0.2, 0.25) is 5.91 Å². The molecule has 0 spiro atoms. The Morgan fingerprint density at radius 3 is 3.05 bits per heavy atom. The van der Waals surface area contributed by atoms with Crippen LogP contribution in [0.5, 0.6) is 0 Å². The molecular formula is C14H19FN2O2. The Bertz CT molecular complexity index is 439. The SMILES string of the molecule is CNCCC(=O)N1CCOC(c2ccccc2F)C1. The average molecular weight is 266 g/mol. The highest BCUT2D eigenvalue weighted by atomic mass is 19.1. The summed E-state index contributed by atoms with van der Waals surface area (Å²) < 4.78 is 19.3. The number of halogens is 1. The fourth-order valence-electron chi connectivity index (χ4n) is 2.19. The van der Waals surface area contributed by atoms with Crippen LogP contribution in [0.25, 0.3) is 0 Å². The number of nitrogens with one attached hydrogen (secondary N) is 1. The number of benzene rings is 1. The molecule has 4 nitrogen and oxygen atoms in total. The molecule has 1 heterocycles. The van der Waals surface area contributed by atoms with E-state index in [9.17, 15) is 9.18 Å². The standard InChI is InChI=1S/C14H19FN2O2/c1-16-7-6-14(18)17-8-9-19-13(10-17)11-4-2-3-5-12(11)15/h2-5,13,16H,6-10H2,1H3. The van der Waals surface area contributed by atoms with Gasteiger partial charge in [-0.05, 0) is 13.1 Å². The van der Waals surface area contributed by atoms with Gasteiger partial charge in [-0.1, -0.05) is 18.2 Å². The molecule has 1 amide bonds. The molecule has 5 heteroatoms. The first-order valence-electron chi connectivity index (χ1n) is 6.50. The Hall–Kier alpha value is -1.46. The summed E-state index contributed by atoms with van der Waals surface area (Å²) in [4.78, 5) is 13.7. The summed E-state index contributed by atoms with van der Waals surface area (Å²) in [6.45, 7) is 2.10. The van der Waals surface area contributed by atoms with Crippen molar-refractivity contribution in [3.05, 3.63) is 35.6 Å². The van der Waals surface area contributed by atoms with Crippen LogP contribution in [0.2, 0.25) is 0 Å². The van der Waals surface area contributed by atoms with Gasteiger partial charge >= 0.3 is 0 Å². The first kappa shape index (κ1) is 14.0. The fourth-order valence-corrected chi connectivity index (χ4v) is 2.19. The highest BCUT2D eigenvalue weighted by Crippen LogP contribution is 2.24. The summed E-state index contributed by atoms with van der Waals surface area (Å²) in [5, 5.41) is 2.95. The van der Waals surface area contributed by atoms with Crippen molar-refractivity contribution in [2.24, 2.45) is 0 Å². The van der Waals surface area contributed by atoms with Crippen LogP contribution in [0.4, 0.5) is 4.39 Å². The summed E-state index contributed by atoms with van der Waals surface area (Å²) in [6, 6.07) is 6.56. The third-order valence-corrected chi connectivity index (χ3v) is 3.26. The normalized spacial score (nSPS) is 19.5. The van der Waals surface area contributed by atoms with E-state index in [-0.39, 0.29) is 17.8 Å². The Balaban J connectivity index is 2.01. The summed E-state index contributed by atoms with van der Waals surface area (Å²) in [5.74, 6) is -0.198. The van der Waals surface area contributed by atoms with Crippen LogP contribution in [0.3, 0.4) is 0 Å². The fraction of sp³-hybridized carbons (Fsp3) is 0.500. The first-order chi connectivity index (χ1) is 9.22. The Kier molecular flexibility index (Phi) is 4.87. The van der Waals surface area contributed by atoms with Crippen LogP contribution in [-0.2, 0) is 9.53 Å². The molecule has 0 bridgehead atoms. The van der Waals surface area contributed by atoms with Crippen molar-refractivity contribution < 1.29 is 13.9 Å². The van der Waals surface area contributed by atoms with Crippen LogP contribution in [-0.4, -0.2) is 44.1 Å². The zero-order valence-electron chi connectivity index (χ0n) is 11.1. The van der Waals surface area contributed by atoms with E-state index in [1.54, 1.807) is 23.1 Å². The Morgan fingerprint density at radius 2 is 2.32 bits per heavy atom. The van der Waals surface area contributed by atoms with Crippen LogP contribution < -0.4 is 5.32 Å². The second-order valence-corrected chi connectivity index (χ2v) is 4.57. The van der Waals surface area contributed by atoms with Gasteiger partial charge in [0.05, 0.1) is 13.2 Å².